The van der Waals surface area contributed by atoms with Crippen molar-refractivity contribution < 1.29 is 9.47 Å². The van der Waals surface area contributed by atoms with Crippen molar-refractivity contribution in [1.82, 2.24) is 0 Å². The summed E-state index contributed by atoms with van der Waals surface area (Å²) < 4.78 is 11.2. The molecule has 0 spiro atoms. The molecule has 1 heterocycles. The lowest BCUT2D eigenvalue weighted by atomic mass is 9.84. The van der Waals surface area contributed by atoms with E-state index in [1.807, 2.05) is 13.8 Å². The lowest BCUT2D eigenvalue weighted by Gasteiger charge is -2.22. The van der Waals surface area contributed by atoms with Crippen molar-refractivity contribution in [3.8, 4) is 0 Å². The van der Waals surface area contributed by atoms with Crippen LogP contribution in [0.25, 0.3) is 0 Å². The van der Waals surface area contributed by atoms with Gasteiger partial charge in [-0.2, -0.15) is 0 Å². The Morgan fingerprint density at radius 1 is 1.36 bits per heavy atom. The Morgan fingerprint density at radius 2 is 2.00 bits per heavy atom. The molecule has 0 aromatic carbocycles. The van der Waals surface area contributed by atoms with Crippen molar-refractivity contribution in [2.75, 3.05) is 6.61 Å². The van der Waals surface area contributed by atoms with Crippen LogP contribution in [0.3, 0.4) is 0 Å². The van der Waals surface area contributed by atoms with E-state index in [0.29, 0.717) is 18.4 Å². The normalized spacial score (nSPS) is 33.1. The van der Waals surface area contributed by atoms with Gasteiger partial charge in [0.15, 0.2) is 0 Å². The zero-order valence-corrected chi connectivity index (χ0v) is 9.69. The summed E-state index contributed by atoms with van der Waals surface area (Å²) in [7, 11) is 5.78. The molecule has 1 unspecified atom stereocenters. The predicted octanol–water partition coefficient (Wildman–Crippen LogP) is 1.97. The second-order valence-corrected chi connectivity index (χ2v) is 4.74. The summed E-state index contributed by atoms with van der Waals surface area (Å²) in [6.07, 6.45) is 1.42. The maximum atomic E-state index is 5.78. The first-order chi connectivity index (χ1) is 6.50. The molecule has 0 aromatic heterocycles. The Morgan fingerprint density at radius 3 is 2.50 bits per heavy atom. The minimum atomic E-state index is -0.0943. The molecule has 0 amide bonds. The molecule has 3 heteroatoms. The summed E-state index contributed by atoms with van der Waals surface area (Å²) in [5.41, 5.74) is 0. The molecule has 1 aliphatic rings. The third kappa shape index (κ3) is 3.28. The molecule has 80 valence electrons. The van der Waals surface area contributed by atoms with Crippen LogP contribution in [0.5, 0.6) is 0 Å². The molecular formula is C11H21BO2. The van der Waals surface area contributed by atoms with Crippen molar-refractivity contribution in [3.63, 3.8) is 0 Å². The van der Waals surface area contributed by atoms with E-state index in [0.717, 1.165) is 6.42 Å². The van der Waals surface area contributed by atoms with Crippen molar-refractivity contribution in [1.29, 1.82) is 0 Å². The number of hydrogen-bond acceptors (Lipinski definition) is 2. The highest BCUT2D eigenvalue weighted by molar-refractivity contribution is 6.11. The fraction of sp³-hybridized carbons (Fsp3) is 1.00. The molecule has 2 nitrogen and oxygen atoms in total. The van der Waals surface area contributed by atoms with Gasteiger partial charge in [0.25, 0.3) is 0 Å². The summed E-state index contributed by atoms with van der Waals surface area (Å²) in [4.78, 5) is 0. The quantitative estimate of drug-likeness (QED) is 0.640. The molecule has 0 aliphatic carbocycles. The molecule has 1 saturated heterocycles. The highest BCUT2D eigenvalue weighted by Crippen LogP contribution is 2.31. The highest BCUT2D eigenvalue weighted by Gasteiger charge is 2.34. The second-order valence-electron chi connectivity index (χ2n) is 4.74. The van der Waals surface area contributed by atoms with Crippen LogP contribution in [0.1, 0.15) is 34.1 Å². The first kappa shape index (κ1) is 12.1. The Hall–Kier alpha value is -0.0151. The standard InChI is InChI=1S/C11H21BO2/c1-7(2)9-5-11(12)14-10(9)6-13-8(3)4/h7-11H,5-6H2,1-4H3/t9?,10-,11-/m1/s1. The van der Waals surface area contributed by atoms with Gasteiger partial charge in [-0.1, -0.05) is 13.8 Å². The third-order valence-electron chi connectivity index (χ3n) is 2.78. The molecule has 3 atom stereocenters. The van der Waals surface area contributed by atoms with Gasteiger partial charge in [0.2, 0.25) is 0 Å². The smallest absolute Gasteiger partial charge is 0.109 e. The summed E-state index contributed by atoms with van der Waals surface area (Å²) in [5.74, 6) is 1.16. The number of rotatable bonds is 4. The van der Waals surface area contributed by atoms with Crippen LogP contribution < -0.4 is 0 Å². The van der Waals surface area contributed by atoms with Gasteiger partial charge in [-0.25, -0.2) is 0 Å². The molecule has 1 aliphatic heterocycles. The lowest BCUT2D eigenvalue weighted by molar-refractivity contribution is -0.0329. The van der Waals surface area contributed by atoms with Gasteiger partial charge in [-0.3, -0.25) is 0 Å². The Balaban J connectivity index is 2.41. The van der Waals surface area contributed by atoms with Crippen LogP contribution in [0, 0.1) is 11.8 Å². The Bertz CT molecular complexity index is 171. The maximum absolute atomic E-state index is 5.78. The zero-order valence-electron chi connectivity index (χ0n) is 9.69. The van der Waals surface area contributed by atoms with E-state index < -0.39 is 0 Å². The summed E-state index contributed by atoms with van der Waals surface area (Å²) in [6, 6.07) is -0.0943. The van der Waals surface area contributed by atoms with Gasteiger partial charge in [0.05, 0.1) is 18.8 Å². The molecule has 14 heavy (non-hydrogen) atoms. The Kier molecular flexibility index (Phi) is 4.46. The average Bonchev–Trinajstić information content (AvgIpc) is 2.43. The molecule has 2 radical (unpaired) electrons. The van der Waals surface area contributed by atoms with Gasteiger partial charge >= 0.3 is 0 Å². The van der Waals surface area contributed by atoms with Crippen LogP contribution in [0.4, 0.5) is 0 Å². The number of ether oxygens (including phenoxy) is 2. The monoisotopic (exact) mass is 196 g/mol. The van der Waals surface area contributed by atoms with Crippen LogP contribution in [-0.4, -0.2) is 32.7 Å². The fourth-order valence-electron chi connectivity index (χ4n) is 1.95. The first-order valence-corrected chi connectivity index (χ1v) is 5.53. The first-order valence-electron chi connectivity index (χ1n) is 5.53. The summed E-state index contributed by atoms with van der Waals surface area (Å²) >= 11 is 0. The SMILES string of the molecule is [B][C@H]1CC(C(C)C)[C@@H](COC(C)C)O1. The van der Waals surface area contributed by atoms with E-state index in [1.54, 1.807) is 0 Å². The second kappa shape index (κ2) is 5.17. The molecule has 0 N–H and O–H groups in total. The molecule has 0 aromatic rings. The minimum Gasteiger partial charge on any atom is -0.382 e. The average molecular weight is 196 g/mol. The third-order valence-corrected chi connectivity index (χ3v) is 2.78. The van der Waals surface area contributed by atoms with Crippen LogP contribution in [0.15, 0.2) is 0 Å². The largest absolute Gasteiger partial charge is 0.382 e. The molecule has 1 rings (SSSR count). The van der Waals surface area contributed by atoms with Gasteiger partial charge in [0, 0.05) is 6.00 Å². The van der Waals surface area contributed by atoms with Gasteiger partial charge < -0.3 is 9.47 Å². The van der Waals surface area contributed by atoms with Gasteiger partial charge in [0.1, 0.15) is 7.85 Å². The van der Waals surface area contributed by atoms with Crippen molar-refractivity contribution in [3.05, 3.63) is 0 Å². The highest BCUT2D eigenvalue weighted by atomic mass is 16.5. The zero-order chi connectivity index (χ0) is 10.7. The summed E-state index contributed by atoms with van der Waals surface area (Å²) in [6.45, 7) is 9.19. The van der Waals surface area contributed by atoms with Crippen molar-refractivity contribution in [2.24, 2.45) is 11.8 Å². The van der Waals surface area contributed by atoms with Crippen molar-refractivity contribution >= 4 is 7.85 Å². The van der Waals surface area contributed by atoms with Crippen LogP contribution in [0.2, 0.25) is 0 Å². The van der Waals surface area contributed by atoms with Crippen molar-refractivity contribution in [2.45, 2.75) is 52.3 Å². The molecule has 0 saturated carbocycles. The van der Waals surface area contributed by atoms with Gasteiger partial charge in [-0.05, 0) is 32.1 Å². The van der Waals surface area contributed by atoms with Crippen LogP contribution in [-0.2, 0) is 9.47 Å². The van der Waals surface area contributed by atoms with E-state index in [1.165, 1.54) is 0 Å². The lowest BCUT2D eigenvalue weighted by Crippen LogP contribution is -2.27. The fourth-order valence-corrected chi connectivity index (χ4v) is 1.95. The van der Waals surface area contributed by atoms with E-state index in [9.17, 15) is 0 Å². The molecular weight excluding hydrogens is 175 g/mol. The van der Waals surface area contributed by atoms with Gasteiger partial charge in [-0.15, -0.1) is 0 Å². The molecule has 1 fully saturated rings. The van der Waals surface area contributed by atoms with E-state index in [2.05, 4.69) is 13.8 Å². The topological polar surface area (TPSA) is 18.5 Å². The predicted molar refractivity (Wildman–Crippen MR) is 58.4 cm³/mol. The van der Waals surface area contributed by atoms with Crippen LogP contribution >= 0.6 is 0 Å². The van der Waals surface area contributed by atoms with E-state index >= 15 is 0 Å². The molecule has 0 bridgehead atoms. The Labute approximate surface area is 88.8 Å². The summed E-state index contributed by atoms with van der Waals surface area (Å²) in [5, 5.41) is 0. The van der Waals surface area contributed by atoms with E-state index in [-0.39, 0.29) is 18.2 Å². The maximum Gasteiger partial charge on any atom is 0.109 e. The number of hydrogen-bond donors (Lipinski definition) is 0. The minimum absolute atomic E-state index is 0.0943. The van der Waals surface area contributed by atoms with E-state index in [4.69, 9.17) is 17.3 Å².